The molecule has 3 aliphatic rings. The fraction of sp³-hybridized carbons (Fsp3) is 0.406. The molecule has 0 aromatic heterocycles. The first-order valence-corrected chi connectivity index (χ1v) is 13.3. The number of rotatable bonds is 5. The predicted octanol–water partition coefficient (Wildman–Crippen LogP) is 4.95. The Kier molecular flexibility index (Phi) is 6.14. The van der Waals surface area contributed by atoms with Crippen LogP contribution in [0.5, 0.6) is 5.75 Å². The van der Waals surface area contributed by atoms with E-state index in [1.807, 2.05) is 13.0 Å². The van der Waals surface area contributed by atoms with Gasteiger partial charge in [-0.1, -0.05) is 49.7 Å². The molecular formula is C32H34O7. The van der Waals surface area contributed by atoms with Gasteiger partial charge in [0.2, 0.25) is 5.78 Å². The van der Waals surface area contributed by atoms with Crippen molar-refractivity contribution in [2.45, 2.75) is 71.8 Å². The molecule has 0 saturated carbocycles. The van der Waals surface area contributed by atoms with E-state index in [9.17, 15) is 34.8 Å². The number of carbonyl (C=O) groups is 3. The number of aryl methyl sites for hydroxylation is 3. The SMILES string of the molecule is CC(=O)C1=C(O)C[C@]2(C)C[C@]3(C)Cc4c(CCCc5ccc(C)cc5)ccc(O)c4C(=O)C3=C(O)[C@]2(O)C1=O. The van der Waals surface area contributed by atoms with Crippen LogP contribution in [0.15, 0.2) is 59.1 Å². The number of hydrogen-bond acceptors (Lipinski definition) is 7. The Balaban J connectivity index is 1.57. The van der Waals surface area contributed by atoms with Crippen molar-refractivity contribution in [3.05, 3.63) is 86.9 Å². The number of phenols is 1. The van der Waals surface area contributed by atoms with Crippen molar-refractivity contribution in [1.82, 2.24) is 0 Å². The molecule has 0 saturated heterocycles. The van der Waals surface area contributed by atoms with Gasteiger partial charge in [0.1, 0.15) is 22.8 Å². The summed E-state index contributed by atoms with van der Waals surface area (Å²) in [4.78, 5) is 39.5. The number of aliphatic hydroxyl groups is 3. The minimum absolute atomic E-state index is 0.0718. The highest BCUT2D eigenvalue weighted by Crippen LogP contribution is 2.62. The zero-order valence-corrected chi connectivity index (χ0v) is 22.7. The Morgan fingerprint density at radius 2 is 1.62 bits per heavy atom. The lowest BCUT2D eigenvalue weighted by Gasteiger charge is -2.56. The van der Waals surface area contributed by atoms with Crippen LogP contribution < -0.4 is 0 Å². The van der Waals surface area contributed by atoms with Crippen molar-refractivity contribution in [2.75, 3.05) is 0 Å². The molecule has 2 aromatic carbocycles. The molecule has 0 amide bonds. The third-order valence-corrected chi connectivity index (χ3v) is 9.03. The molecule has 7 heteroatoms. The molecule has 7 nitrogen and oxygen atoms in total. The maximum atomic E-state index is 13.9. The predicted molar refractivity (Wildman–Crippen MR) is 145 cm³/mol. The van der Waals surface area contributed by atoms with E-state index in [-0.39, 0.29) is 29.7 Å². The molecular weight excluding hydrogens is 496 g/mol. The van der Waals surface area contributed by atoms with Gasteiger partial charge in [0.25, 0.3) is 0 Å². The molecule has 0 radical (unpaired) electrons. The van der Waals surface area contributed by atoms with E-state index in [0.29, 0.717) is 18.4 Å². The molecule has 204 valence electrons. The standard InChI is InChI=1S/C32H34O7/c1-17-8-10-19(11-9-17)6-5-7-20-12-13-22(34)25-21(20)14-30(3)16-31(4)15-23(35)24(18(2)33)28(37)32(31,39)29(38)26(30)27(25)36/h8-13,34-35,38-39H,5-7,14-16H2,1-4H3/t30-,31+,32+/m0/s1. The van der Waals surface area contributed by atoms with Crippen LogP contribution >= 0.6 is 0 Å². The Bertz CT molecular complexity index is 1500. The van der Waals surface area contributed by atoms with Crippen LogP contribution in [-0.4, -0.2) is 43.4 Å². The van der Waals surface area contributed by atoms with Gasteiger partial charge in [0.05, 0.1) is 5.56 Å². The normalized spacial score (nSPS) is 28.2. The van der Waals surface area contributed by atoms with Gasteiger partial charge in [-0.15, -0.1) is 0 Å². The van der Waals surface area contributed by atoms with E-state index in [1.54, 1.807) is 13.8 Å². The first-order chi connectivity index (χ1) is 18.2. The number of ketones is 3. The molecule has 2 aromatic rings. The van der Waals surface area contributed by atoms with E-state index in [1.165, 1.54) is 17.2 Å². The van der Waals surface area contributed by atoms with E-state index in [2.05, 4.69) is 24.3 Å². The quantitative estimate of drug-likeness (QED) is 0.402. The monoisotopic (exact) mass is 530 g/mol. The topological polar surface area (TPSA) is 132 Å². The summed E-state index contributed by atoms with van der Waals surface area (Å²) in [5.41, 5.74) is -1.48. The number of aromatic hydroxyl groups is 1. The Hall–Kier alpha value is -3.71. The summed E-state index contributed by atoms with van der Waals surface area (Å²) in [6.45, 7) is 6.53. The van der Waals surface area contributed by atoms with Crippen LogP contribution in [0.1, 0.15) is 72.6 Å². The fourth-order valence-electron chi connectivity index (χ4n) is 7.19. The number of Topliss-reactive ketones (excluding diaryl/α,β-unsaturated/α-hetero) is 3. The smallest absolute Gasteiger partial charge is 0.209 e. The molecule has 3 aliphatic carbocycles. The molecule has 0 aliphatic heterocycles. The fourth-order valence-corrected chi connectivity index (χ4v) is 7.19. The highest BCUT2D eigenvalue weighted by atomic mass is 16.3. The molecule has 0 heterocycles. The third-order valence-electron chi connectivity index (χ3n) is 9.03. The van der Waals surface area contributed by atoms with Gasteiger partial charge in [-0.2, -0.15) is 0 Å². The third kappa shape index (κ3) is 3.86. The van der Waals surface area contributed by atoms with Gasteiger partial charge in [0.15, 0.2) is 17.2 Å². The van der Waals surface area contributed by atoms with Crippen molar-refractivity contribution in [2.24, 2.45) is 10.8 Å². The lowest BCUT2D eigenvalue weighted by Crippen LogP contribution is -2.63. The lowest BCUT2D eigenvalue weighted by molar-refractivity contribution is -0.159. The Labute approximate surface area is 227 Å². The number of carbonyl (C=O) groups excluding carboxylic acids is 3. The number of phenolic OH excluding ortho intramolecular Hbond substituents is 1. The minimum Gasteiger partial charge on any atom is -0.511 e. The van der Waals surface area contributed by atoms with Crippen molar-refractivity contribution >= 4 is 17.3 Å². The van der Waals surface area contributed by atoms with Crippen LogP contribution in [-0.2, 0) is 28.9 Å². The van der Waals surface area contributed by atoms with E-state index >= 15 is 0 Å². The molecule has 0 fully saturated rings. The molecule has 0 spiro atoms. The second kappa shape index (κ2) is 8.91. The summed E-state index contributed by atoms with van der Waals surface area (Å²) >= 11 is 0. The van der Waals surface area contributed by atoms with Crippen LogP contribution in [0, 0.1) is 17.8 Å². The summed E-state index contributed by atoms with van der Waals surface area (Å²) in [7, 11) is 0. The van der Waals surface area contributed by atoms with Crippen LogP contribution in [0.3, 0.4) is 0 Å². The van der Waals surface area contributed by atoms with Crippen molar-refractivity contribution in [3.63, 3.8) is 0 Å². The summed E-state index contributed by atoms with van der Waals surface area (Å²) in [5, 5.41) is 44.6. The van der Waals surface area contributed by atoms with Gasteiger partial charge < -0.3 is 20.4 Å². The molecule has 3 atom stereocenters. The molecule has 0 unspecified atom stereocenters. The van der Waals surface area contributed by atoms with Gasteiger partial charge in [-0.25, -0.2) is 0 Å². The van der Waals surface area contributed by atoms with Gasteiger partial charge >= 0.3 is 0 Å². The van der Waals surface area contributed by atoms with Gasteiger partial charge in [-0.3, -0.25) is 14.4 Å². The number of hydrogen-bond donors (Lipinski definition) is 4. The van der Waals surface area contributed by atoms with Gasteiger partial charge in [0, 0.05) is 22.8 Å². The van der Waals surface area contributed by atoms with Crippen LogP contribution in [0.4, 0.5) is 0 Å². The van der Waals surface area contributed by atoms with Crippen LogP contribution in [0.25, 0.3) is 0 Å². The summed E-state index contributed by atoms with van der Waals surface area (Å²) in [6, 6.07) is 11.6. The summed E-state index contributed by atoms with van der Waals surface area (Å²) in [5.74, 6) is -3.92. The van der Waals surface area contributed by atoms with Gasteiger partial charge in [-0.05, 0) is 68.7 Å². The van der Waals surface area contributed by atoms with Crippen molar-refractivity contribution in [3.8, 4) is 5.75 Å². The second-order valence-electron chi connectivity index (χ2n) is 12.1. The Morgan fingerprint density at radius 1 is 0.949 bits per heavy atom. The Morgan fingerprint density at radius 3 is 2.26 bits per heavy atom. The zero-order chi connectivity index (χ0) is 28.5. The maximum absolute atomic E-state index is 13.9. The maximum Gasteiger partial charge on any atom is 0.209 e. The van der Waals surface area contributed by atoms with E-state index < -0.39 is 50.9 Å². The minimum atomic E-state index is -2.55. The second-order valence-corrected chi connectivity index (χ2v) is 12.1. The van der Waals surface area contributed by atoms with Crippen molar-refractivity contribution in [1.29, 1.82) is 0 Å². The first-order valence-electron chi connectivity index (χ1n) is 13.3. The van der Waals surface area contributed by atoms with Crippen LogP contribution in [0.2, 0.25) is 0 Å². The van der Waals surface area contributed by atoms with Crippen molar-refractivity contribution < 1.29 is 34.8 Å². The van der Waals surface area contributed by atoms with E-state index in [0.717, 1.165) is 25.3 Å². The number of fused-ring (bicyclic) bond motifs is 3. The lowest BCUT2D eigenvalue weighted by atomic mass is 9.48. The molecule has 0 bridgehead atoms. The highest BCUT2D eigenvalue weighted by molar-refractivity contribution is 6.25. The largest absolute Gasteiger partial charge is 0.511 e. The molecule has 4 N–H and O–H groups in total. The zero-order valence-electron chi connectivity index (χ0n) is 22.7. The average Bonchev–Trinajstić information content (AvgIpc) is 2.83. The first kappa shape index (κ1) is 26.9. The highest BCUT2D eigenvalue weighted by Gasteiger charge is 2.67. The number of benzene rings is 2. The average molecular weight is 531 g/mol. The molecule has 39 heavy (non-hydrogen) atoms. The molecule has 5 rings (SSSR count). The number of aliphatic hydroxyl groups excluding tert-OH is 2. The number of allylic oxidation sites excluding steroid dienone is 2. The van der Waals surface area contributed by atoms with E-state index in [4.69, 9.17) is 0 Å². The summed E-state index contributed by atoms with van der Waals surface area (Å²) in [6.07, 6.45) is 2.55. The summed E-state index contributed by atoms with van der Waals surface area (Å²) < 4.78 is 0.